The second kappa shape index (κ2) is 7.01. The Morgan fingerprint density at radius 3 is 2.54 bits per heavy atom. The van der Waals surface area contributed by atoms with Crippen molar-refractivity contribution >= 4 is 34.3 Å². The summed E-state index contributed by atoms with van der Waals surface area (Å²) in [6, 6.07) is 17.6. The van der Waals surface area contributed by atoms with Gasteiger partial charge in [-0.25, -0.2) is 4.68 Å². The van der Waals surface area contributed by atoms with Crippen LogP contribution in [0.5, 0.6) is 5.75 Å². The summed E-state index contributed by atoms with van der Waals surface area (Å²) in [6.45, 7) is 0.575. The highest BCUT2D eigenvalue weighted by atomic mass is 35.5. The SMILES string of the molecule is COc1ccc(Cn2ncc3c(Cl)nc(Nc4ccccc4)nc32)cc1. The quantitative estimate of drug-likeness (QED) is 0.535. The fourth-order valence-corrected chi connectivity index (χ4v) is 2.86. The summed E-state index contributed by atoms with van der Waals surface area (Å²) >= 11 is 6.32. The Balaban J connectivity index is 1.67. The second-order valence-electron chi connectivity index (χ2n) is 5.72. The number of nitrogens with one attached hydrogen (secondary N) is 1. The van der Waals surface area contributed by atoms with Gasteiger partial charge in [0.1, 0.15) is 10.9 Å². The number of ether oxygens (including phenoxy) is 1. The van der Waals surface area contributed by atoms with Crippen molar-refractivity contribution in [3.63, 3.8) is 0 Å². The zero-order valence-corrected chi connectivity index (χ0v) is 14.8. The molecule has 0 spiro atoms. The summed E-state index contributed by atoms with van der Waals surface area (Å²) in [7, 11) is 1.65. The smallest absolute Gasteiger partial charge is 0.230 e. The molecule has 7 heteroatoms. The van der Waals surface area contributed by atoms with E-state index in [0.717, 1.165) is 22.4 Å². The molecule has 6 nitrogen and oxygen atoms in total. The maximum atomic E-state index is 6.32. The van der Waals surface area contributed by atoms with Crippen LogP contribution in [0.25, 0.3) is 11.0 Å². The van der Waals surface area contributed by atoms with Crippen LogP contribution >= 0.6 is 11.6 Å². The summed E-state index contributed by atoms with van der Waals surface area (Å²) in [5, 5.41) is 8.67. The summed E-state index contributed by atoms with van der Waals surface area (Å²) in [6.07, 6.45) is 1.69. The Hall–Kier alpha value is -3.12. The van der Waals surface area contributed by atoms with Crippen molar-refractivity contribution in [1.82, 2.24) is 19.7 Å². The van der Waals surface area contributed by atoms with Crippen LogP contribution in [0.15, 0.2) is 60.8 Å². The van der Waals surface area contributed by atoms with Crippen LogP contribution in [0.1, 0.15) is 5.56 Å². The van der Waals surface area contributed by atoms with Gasteiger partial charge in [0.05, 0.1) is 25.2 Å². The largest absolute Gasteiger partial charge is 0.497 e. The minimum atomic E-state index is 0.370. The van der Waals surface area contributed by atoms with E-state index < -0.39 is 0 Å². The highest BCUT2D eigenvalue weighted by Gasteiger charge is 2.12. The van der Waals surface area contributed by atoms with Crippen molar-refractivity contribution in [2.45, 2.75) is 6.54 Å². The standard InChI is InChI=1S/C19H16ClN5O/c1-26-15-9-7-13(8-10-15)12-25-18-16(11-21-25)17(20)23-19(24-18)22-14-5-3-2-4-6-14/h2-11H,12H2,1H3,(H,22,23,24). The molecule has 4 rings (SSSR count). The molecule has 2 aromatic heterocycles. The van der Waals surface area contributed by atoms with E-state index in [-0.39, 0.29) is 0 Å². The maximum absolute atomic E-state index is 6.32. The van der Waals surface area contributed by atoms with E-state index in [1.807, 2.05) is 54.6 Å². The normalized spacial score (nSPS) is 10.8. The molecule has 0 amide bonds. The number of fused-ring (bicyclic) bond motifs is 1. The van der Waals surface area contributed by atoms with Gasteiger partial charge in [0.2, 0.25) is 5.95 Å². The number of rotatable bonds is 5. The first-order chi connectivity index (χ1) is 12.7. The van der Waals surface area contributed by atoms with Crippen molar-refractivity contribution in [2.75, 3.05) is 12.4 Å². The second-order valence-corrected chi connectivity index (χ2v) is 6.07. The molecular formula is C19H16ClN5O. The van der Waals surface area contributed by atoms with Gasteiger partial charge in [-0.1, -0.05) is 41.9 Å². The Morgan fingerprint density at radius 1 is 1.04 bits per heavy atom. The summed E-state index contributed by atoms with van der Waals surface area (Å²) in [5.41, 5.74) is 2.66. The number of aromatic nitrogens is 4. The number of hydrogen-bond acceptors (Lipinski definition) is 5. The van der Waals surface area contributed by atoms with Crippen LogP contribution in [0.4, 0.5) is 11.6 Å². The Kier molecular flexibility index (Phi) is 4.41. The molecule has 130 valence electrons. The van der Waals surface area contributed by atoms with Crippen LogP contribution in [-0.2, 0) is 6.54 Å². The number of anilines is 2. The van der Waals surface area contributed by atoms with Gasteiger partial charge in [-0.2, -0.15) is 15.1 Å². The number of hydrogen-bond donors (Lipinski definition) is 1. The third-order valence-electron chi connectivity index (χ3n) is 3.97. The van der Waals surface area contributed by atoms with Crippen LogP contribution in [0.2, 0.25) is 5.15 Å². The summed E-state index contributed by atoms with van der Waals surface area (Å²) < 4.78 is 7.00. The number of nitrogens with zero attached hydrogens (tertiary/aromatic N) is 4. The van der Waals surface area contributed by atoms with Crippen molar-refractivity contribution < 1.29 is 4.74 Å². The molecule has 2 heterocycles. The highest BCUT2D eigenvalue weighted by molar-refractivity contribution is 6.34. The van der Waals surface area contributed by atoms with Gasteiger partial charge in [-0.15, -0.1) is 0 Å². The zero-order valence-electron chi connectivity index (χ0n) is 14.1. The first kappa shape index (κ1) is 16.4. The number of methoxy groups -OCH3 is 1. The van der Waals surface area contributed by atoms with Crippen LogP contribution < -0.4 is 10.1 Å². The predicted molar refractivity (Wildman–Crippen MR) is 102 cm³/mol. The molecule has 0 fully saturated rings. The molecule has 0 bridgehead atoms. The van der Waals surface area contributed by atoms with Crippen molar-refractivity contribution in [3.8, 4) is 5.75 Å². The first-order valence-corrected chi connectivity index (χ1v) is 8.45. The van der Waals surface area contributed by atoms with Gasteiger partial charge in [-0.05, 0) is 29.8 Å². The van der Waals surface area contributed by atoms with Gasteiger partial charge in [0.25, 0.3) is 0 Å². The van der Waals surface area contributed by atoms with Crippen LogP contribution in [-0.4, -0.2) is 26.9 Å². The average molecular weight is 366 g/mol. The zero-order chi connectivity index (χ0) is 17.9. The summed E-state index contributed by atoms with van der Waals surface area (Å²) in [5.74, 6) is 1.25. The average Bonchev–Trinajstić information content (AvgIpc) is 3.06. The molecule has 0 aliphatic rings. The first-order valence-electron chi connectivity index (χ1n) is 8.07. The minimum absolute atomic E-state index is 0.370. The van der Waals surface area contributed by atoms with Gasteiger partial charge < -0.3 is 10.1 Å². The van der Waals surface area contributed by atoms with Gasteiger partial charge in [-0.3, -0.25) is 0 Å². The van der Waals surface area contributed by atoms with E-state index in [9.17, 15) is 0 Å². The maximum Gasteiger partial charge on any atom is 0.230 e. The Morgan fingerprint density at radius 2 is 1.81 bits per heavy atom. The van der Waals surface area contributed by atoms with Crippen LogP contribution in [0.3, 0.4) is 0 Å². The van der Waals surface area contributed by atoms with Crippen LogP contribution in [0, 0.1) is 0 Å². The Bertz CT molecular complexity index is 1030. The topological polar surface area (TPSA) is 64.9 Å². The molecular weight excluding hydrogens is 350 g/mol. The van der Waals surface area contributed by atoms with E-state index in [1.54, 1.807) is 18.0 Å². The summed E-state index contributed by atoms with van der Waals surface area (Å²) in [4.78, 5) is 8.90. The molecule has 0 saturated carbocycles. The minimum Gasteiger partial charge on any atom is -0.497 e. The molecule has 26 heavy (non-hydrogen) atoms. The number of benzene rings is 2. The molecule has 0 atom stereocenters. The van der Waals surface area contributed by atoms with Crippen molar-refractivity contribution in [1.29, 1.82) is 0 Å². The number of para-hydroxylation sites is 1. The predicted octanol–water partition coefficient (Wildman–Crippen LogP) is 4.28. The lowest BCUT2D eigenvalue weighted by molar-refractivity contribution is 0.414. The van der Waals surface area contributed by atoms with Crippen molar-refractivity contribution in [3.05, 3.63) is 71.5 Å². The third-order valence-corrected chi connectivity index (χ3v) is 4.26. The molecule has 4 aromatic rings. The fourth-order valence-electron chi connectivity index (χ4n) is 2.65. The molecule has 0 radical (unpaired) electrons. The van der Waals surface area contributed by atoms with Gasteiger partial charge in [0, 0.05) is 5.69 Å². The van der Waals surface area contributed by atoms with E-state index >= 15 is 0 Å². The van der Waals surface area contributed by atoms with E-state index in [0.29, 0.717) is 23.3 Å². The molecule has 0 aliphatic carbocycles. The van der Waals surface area contributed by atoms with Gasteiger partial charge in [0.15, 0.2) is 5.65 Å². The van der Waals surface area contributed by atoms with E-state index in [4.69, 9.17) is 16.3 Å². The van der Waals surface area contributed by atoms with E-state index in [1.165, 1.54) is 0 Å². The van der Waals surface area contributed by atoms with Crippen molar-refractivity contribution in [2.24, 2.45) is 0 Å². The highest BCUT2D eigenvalue weighted by Crippen LogP contribution is 2.24. The lowest BCUT2D eigenvalue weighted by atomic mass is 10.2. The van der Waals surface area contributed by atoms with Gasteiger partial charge >= 0.3 is 0 Å². The lowest BCUT2D eigenvalue weighted by Gasteiger charge is -2.08. The third kappa shape index (κ3) is 3.32. The monoisotopic (exact) mass is 365 g/mol. The molecule has 1 N–H and O–H groups in total. The molecule has 0 aliphatic heterocycles. The molecule has 0 saturated heterocycles. The molecule has 2 aromatic carbocycles. The Labute approximate surface area is 155 Å². The fraction of sp³-hybridized carbons (Fsp3) is 0.105. The number of halogens is 1. The lowest BCUT2D eigenvalue weighted by Crippen LogP contribution is -2.05. The van der Waals surface area contributed by atoms with E-state index in [2.05, 4.69) is 20.4 Å². The molecule has 0 unspecified atom stereocenters.